The van der Waals surface area contributed by atoms with Crippen LogP contribution in [-0.2, 0) is 4.74 Å². The van der Waals surface area contributed by atoms with Crippen LogP contribution >= 0.6 is 0 Å². The van der Waals surface area contributed by atoms with Crippen LogP contribution in [0.25, 0.3) is 0 Å². The Bertz CT molecular complexity index is 333. The molecule has 0 fully saturated rings. The Morgan fingerprint density at radius 1 is 1.31 bits per heavy atom. The number of carbonyl (C=O) groups excluding carboxylic acids is 1. The van der Waals surface area contributed by atoms with E-state index >= 15 is 0 Å². The molecule has 88 valence electrons. The van der Waals surface area contributed by atoms with E-state index in [1.165, 1.54) is 0 Å². The second-order valence-electron chi connectivity index (χ2n) is 4.32. The molecular formula is C12H17FO2Si. The predicted octanol–water partition coefficient (Wildman–Crippen LogP) is 3.41. The van der Waals surface area contributed by atoms with Crippen molar-refractivity contribution in [1.29, 1.82) is 0 Å². The van der Waals surface area contributed by atoms with Crippen molar-refractivity contribution < 1.29 is 13.6 Å². The van der Waals surface area contributed by atoms with E-state index in [1.54, 1.807) is 37.4 Å². The monoisotopic (exact) mass is 240 g/mol. The standard InChI is InChI=1S/C12H17FO2Si/c1-16(2,13)10-6-9-15-12(14)11-7-4-3-5-8-11/h3-5,7-8H,6,9-10H2,1-2H3. The van der Waals surface area contributed by atoms with E-state index in [0.29, 0.717) is 24.6 Å². The molecule has 0 atom stereocenters. The molecule has 0 radical (unpaired) electrons. The molecule has 0 N–H and O–H groups in total. The maximum absolute atomic E-state index is 13.2. The van der Waals surface area contributed by atoms with Crippen LogP contribution in [0.3, 0.4) is 0 Å². The van der Waals surface area contributed by atoms with Gasteiger partial charge in [-0.1, -0.05) is 18.2 Å². The first-order valence-corrected chi connectivity index (χ1v) is 8.49. The second-order valence-corrected chi connectivity index (χ2v) is 8.26. The van der Waals surface area contributed by atoms with Crippen molar-refractivity contribution in [2.75, 3.05) is 6.61 Å². The van der Waals surface area contributed by atoms with Crippen LogP contribution in [0.15, 0.2) is 30.3 Å². The van der Waals surface area contributed by atoms with Crippen molar-refractivity contribution in [3.8, 4) is 0 Å². The zero-order valence-electron chi connectivity index (χ0n) is 9.70. The topological polar surface area (TPSA) is 26.3 Å². The molecule has 0 saturated carbocycles. The summed E-state index contributed by atoms with van der Waals surface area (Å²) in [5.74, 6) is -0.334. The maximum Gasteiger partial charge on any atom is 0.338 e. The first-order chi connectivity index (χ1) is 7.49. The third-order valence-corrected chi connectivity index (χ3v) is 3.70. The first-order valence-electron chi connectivity index (χ1n) is 5.40. The van der Waals surface area contributed by atoms with Crippen LogP contribution in [0.4, 0.5) is 4.11 Å². The van der Waals surface area contributed by atoms with Gasteiger partial charge in [0.05, 0.1) is 12.2 Å². The van der Waals surface area contributed by atoms with Crippen molar-refractivity contribution in [3.63, 3.8) is 0 Å². The number of hydrogen-bond donors (Lipinski definition) is 0. The lowest BCUT2D eigenvalue weighted by molar-refractivity contribution is 0.0504. The number of ether oxygens (including phenoxy) is 1. The lowest BCUT2D eigenvalue weighted by Gasteiger charge is -2.10. The van der Waals surface area contributed by atoms with Gasteiger partial charge in [0.1, 0.15) is 0 Å². The quantitative estimate of drug-likeness (QED) is 0.341. The van der Waals surface area contributed by atoms with Crippen molar-refractivity contribution in [3.05, 3.63) is 35.9 Å². The summed E-state index contributed by atoms with van der Waals surface area (Å²) in [4.78, 5) is 11.5. The molecule has 0 spiro atoms. The summed E-state index contributed by atoms with van der Waals surface area (Å²) in [7, 11) is -2.50. The van der Waals surface area contributed by atoms with Gasteiger partial charge < -0.3 is 8.84 Å². The molecule has 0 aliphatic heterocycles. The Kier molecular flexibility index (Phi) is 4.67. The zero-order valence-corrected chi connectivity index (χ0v) is 10.7. The summed E-state index contributed by atoms with van der Waals surface area (Å²) in [6.07, 6.45) is 0.605. The Hall–Kier alpha value is -1.16. The number of halogens is 1. The van der Waals surface area contributed by atoms with Crippen LogP contribution in [0.2, 0.25) is 19.1 Å². The number of carbonyl (C=O) groups is 1. The Balaban J connectivity index is 2.27. The maximum atomic E-state index is 13.2. The van der Waals surface area contributed by atoms with Gasteiger partial charge in [-0.25, -0.2) is 4.79 Å². The van der Waals surface area contributed by atoms with Crippen molar-refractivity contribution >= 4 is 14.4 Å². The molecule has 1 aromatic carbocycles. The van der Waals surface area contributed by atoms with E-state index in [0.717, 1.165) is 0 Å². The van der Waals surface area contributed by atoms with Crippen molar-refractivity contribution in [1.82, 2.24) is 0 Å². The van der Waals surface area contributed by atoms with Gasteiger partial charge in [-0.2, -0.15) is 0 Å². The van der Waals surface area contributed by atoms with E-state index in [2.05, 4.69) is 0 Å². The van der Waals surface area contributed by atoms with Crippen LogP contribution in [-0.4, -0.2) is 21.0 Å². The summed E-state index contributed by atoms with van der Waals surface area (Å²) >= 11 is 0. The lowest BCUT2D eigenvalue weighted by atomic mass is 10.2. The van der Waals surface area contributed by atoms with E-state index in [9.17, 15) is 8.90 Å². The largest absolute Gasteiger partial charge is 0.462 e. The van der Waals surface area contributed by atoms with Gasteiger partial charge in [0, 0.05) is 0 Å². The molecule has 1 rings (SSSR count). The normalized spacial score (nSPS) is 11.2. The summed E-state index contributed by atoms with van der Waals surface area (Å²) in [6.45, 7) is 3.62. The van der Waals surface area contributed by atoms with Gasteiger partial charge in [0.25, 0.3) is 0 Å². The van der Waals surface area contributed by atoms with Crippen LogP contribution in [0.5, 0.6) is 0 Å². The van der Waals surface area contributed by atoms with Crippen LogP contribution < -0.4 is 0 Å². The molecule has 0 aliphatic carbocycles. The highest BCUT2D eigenvalue weighted by molar-refractivity contribution is 6.70. The number of benzene rings is 1. The minimum absolute atomic E-state index is 0.300. The van der Waals surface area contributed by atoms with E-state index in [4.69, 9.17) is 4.74 Å². The smallest absolute Gasteiger partial charge is 0.338 e. The molecule has 0 amide bonds. The summed E-state index contributed by atoms with van der Waals surface area (Å²) in [5, 5.41) is 0. The van der Waals surface area contributed by atoms with Gasteiger partial charge in [-0.05, 0) is 37.7 Å². The molecule has 0 unspecified atom stereocenters. The third kappa shape index (κ3) is 5.07. The van der Waals surface area contributed by atoms with E-state index < -0.39 is 8.41 Å². The fourth-order valence-electron chi connectivity index (χ4n) is 1.31. The SMILES string of the molecule is C[Si](C)(F)CCCOC(=O)c1ccccc1. The highest BCUT2D eigenvalue weighted by Gasteiger charge is 2.19. The van der Waals surface area contributed by atoms with Gasteiger partial charge in [0.2, 0.25) is 8.41 Å². The molecule has 0 aliphatic rings. The number of esters is 1. The fraction of sp³-hybridized carbons (Fsp3) is 0.417. The number of hydrogen-bond acceptors (Lipinski definition) is 2. The average Bonchev–Trinajstić information content (AvgIpc) is 2.24. The van der Waals surface area contributed by atoms with Gasteiger partial charge in [-0.3, -0.25) is 0 Å². The second kappa shape index (κ2) is 5.79. The summed E-state index contributed by atoms with van der Waals surface area (Å²) < 4.78 is 18.3. The molecule has 0 saturated heterocycles. The van der Waals surface area contributed by atoms with Crippen molar-refractivity contribution in [2.45, 2.75) is 25.6 Å². The highest BCUT2D eigenvalue weighted by atomic mass is 28.4. The summed E-state index contributed by atoms with van der Waals surface area (Å²) in [6, 6.07) is 9.36. The highest BCUT2D eigenvalue weighted by Crippen LogP contribution is 2.13. The van der Waals surface area contributed by atoms with E-state index in [1.807, 2.05) is 6.07 Å². The minimum atomic E-state index is -2.50. The van der Waals surface area contributed by atoms with Crippen molar-refractivity contribution in [2.24, 2.45) is 0 Å². The predicted molar refractivity (Wildman–Crippen MR) is 64.7 cm³/mol. The van der Waals surface area contributed by atoms with Gasteiger partial charge >= 0.3 is 5.97 Å². The Morgan fingerprint density at radius 3 is 2.50 bits per heavy atom. The molecule has 1 aromatic rings. The molecule has 0 heterocycles. The minimum Gasteiger partial charge on any atom is -0.462 e. The average molecular weight is 240 g/mol. The lowest BCUT2D eigenvalue weighted by Crippen LogP contribution is -2.18. The van der Waals surface area contributed by atoms with Gasteiger partial charge in [-0.15, -0.1) is 0 Å². The summed E-state index contributed by atoms with van der Waals surface area (Å²) in [5.41, 5.74) is 0.541. The molecule has 2 nitrogen and oxygen atoms in total. The molecule has 16 heavy (non-hydrogen) atoms. The number of rotatable bonds is 5. The Morgan fingerprint density at radius 2 is 1.94 bits per heavy atom. The fourth-order valence-corrected chi connectivity index (χ4v) is 2.30. The molecule has 0 aromatic heterocycles. The van der Waals surface area contributed by atoms with Gasteiger partial charge in [0.15, 0.2) is 0 Å². The molecule has 0 bridgehead atoms. The Labute approximate surface area is 96.6 Å². The zero-order chi connectivity index (χ0) is 12.0. The molecule has 4 heteroatoms. The van der Waals surface area contributed by atoms with Crippen LogP contribution in [0.1, 0.15) is 16.8 Å². The first kappa shape index (κ1) is 12.9. The molecular weight excluding hydrogens is 223 g/mol. The third-order valence-electron chi connectivity index (χ3n) is 2.16. The van der Waals surface area contributed by atoms with Crippen LogP contribution in [0, 0.1) is 0 Å². The van der Waals surface area contributed by atoms with E-state index in [-0.39, 0.29) is 5.97 Å².